The number of halogens is 2. The van der Waals surface area contributed by atoms with Crippen LogP contribution in [0.1, 0.15) is 23.8 Å². The first-order valence-corrected chi connectivity index (χ1v) is 9.57. The third-order valence-electron chi connectivity index (χ3n) is 3.52. The molecule has 0 bridgehead atoms. The van der Waals surface area contributed by atoms with E-state index in [0.717, 1.165) is 17.7 Å². The van der Waals surface area contributed by atoms with Crippen LogP contribution in [0.5, 0.6) is 0 Å². The molecule has 112 valence electrons. The van der Waals surface area contributed by atoms with E-state index in [1.54, 1.807) is 15.6 Å². The molecule has 1 atom stereocenters. The smallest absolute Gasteiger partial charge is 0.207 e. The molecule has 1 aromatic carbocycles. The summed E-state index contributed by atoms with van der Waals surface area (Å²) in [5.74, 6) is 0. The summed E-state index contributed by atoms with van der Waals surface area (Å²) in [7, 11) is -3.59. The van der Waals surface area contributed by atoms with Crippen molar-refractivity contribution in [2.75, 3.05) is 6.54 Å². The van der Waals surface area contributed by atoms with E-state index in [2.05, 4.69) is 0 Å². The van der Waals surface area contributed by atoms with Crippen LogP contribution < -0.4 is 0 Å². The molecule has 1 aromatic heterocycles. The highest BCUT2D eigenvalue weighted by Gasteiger charge is 2.36. The molecule has 3 rings (SSSR count). The van der Waals surface area contributed by atoms with Crippen LogP contribution >= 0.6 is 34.5 Å². The van der Waals surface area contributed by atoms with Gasteiger partial charge in [-0.2, -0.15) is 4.31 Å². The largest absolute Gasteiger partial charge is 0.243 e. The van der Waals surface area contributed by atoms with Crippen LogP contribution in [0, 0.1) is 0 Å². The molecule has 0 radical (unpaired) electrons. The fourth-order valence-electron chi connectivity index (χ4n) is 2.61. The lowest BCUT2D eigenvalue weighted by Crippen LogP contribution is -2.30. The second-order valence-corrected chi connectivity index (χ2v) is 8.64. The van der Waals surface area contributed by atoms with Crippen LogP contribution in [0.3, 0.4) is 0 Å². The number of sulfonamides is 1. The van der Waals surface area contributed by atoms with Gasteiger partial charge in [0.25, 0.3) is 0 Å². The summed E-state index contributed by atoms with van der Waals surface area (Å²) in [4.78, 5) is 1.23. The van der Waals surface area contributed by atoms with E-state index in [4.69, 9.17) is 23.2 Å². The topological polar surface area (TPSA) is 37.4 Å². The van der Waals surface area contributed by atoms with Crippen molar-refractivity contribution in [3.63, 3.8) is 0 Å². The van der Waals surface area contributed by atoms with Crippen molar-refractivity contribution < 1.29 is 8.42 Å². The van der Waals surface area contributed by atoms with E-state index >= 15 is 0 Å². The summed E-state index contributed by atoms with van der Waals surface area (Å²) in [6.07, 6.45) is 1.70. The third-order valence-corrected chi connectivity index (χ3v) is 6.81. The number of hydrogen-bond acceptors (Lipinski definition) is 3. The van der Waals surface area contributed by atoms with Crippen molar-refractivity contribution in [3.05, 3.63) is 50.6 Å². The predicted octanol–water partition coefficient (Wildman–Crippen LogP) is 4.58. The van der Waals surface area contributed by atoms with Crippen molar-refractivity contribution in [1.82, 2.24) is 4.31 Å². The molecule has 7 heteroatoms. The van der Waals surface area contributed by atoms with Gasteiger partial charge in [0.15, 0.2) is 0 Å². The van der Waals surface area contributed by atoms with E-state index in [9.17, 15) is 8.42 Å². The molecule has 0 aliphatic carbocycles. The molecule has 0 N–H and O–H groups in total. The quantitative estimate of drug-likeness (QED) is 0.801. The Hall–Kier alpha value is -0.590. The zero-order valence-electron chi connectivity index (χ0n) is 11.0. The Kier molecular flexibility index (Phi) is 4.30. The Morgan fingerprint density at radius 3 is 2.52 bits per heavy atom. The van der Waals surface area contributed by atoms with Crippen molar-refractivity contribution in [2.24, 2.45) is 0 Å². The van der Waals surface area contributed by atoms with Crippen molar-refractivity contribution in [2.45, 2.75) is 23.8 Å². The SMILES string of the molecule is O=S(=O)(c1cc(Cl)cc(Cl)c1)N1CCC[C@H]1c1cccs1. The summed E-state index contributed by atoms with van der Waals surface area (Å²) in [5.41, 5.74) is 0. The minimum atomic E-state index is -3.59. The van der Waals surface area contributed by atoms with Gasteiger partial charge in [-0.25, -0.2) is 8.42 Å². The van der Waals surface area contributed by atoms with Crippen LogP contribution in [0.4, 0.5) is 0 Å². The number of rotatable bonds is 3. The number of benzene rings is 1. The molecule has 1 fully saturated rings. The maximum Gasteiger partial charge on any atom is 0.243 e. The number of hydrogen-bond donors (Lipinski definition) is 0. The van der Waals surface area contributed by atoms with Gasteiger partial charge >= 0.3 is 0 Å². The molecule has 0 saturated carbocycles. The lowest BCUT2D eigenvalue weighted by molar-refractivity contribution is 0.401. The van der Waals surface area contributed by atoms with Gasteiger partial charge in [-0.15, -0.1) is 11.3 Å². The van der Waals surface area contributed by atoms with Gasteiger partial charge in [-0.1, -0.05) is 29.3 Å². The molecular formula is C14H13Cl2NO2S2. The normalized spacial score (nSPS) is 20.0. The number of thiophene rings is 1. The molecule has 0 amide bonds. The summed E-state index contributed by atoms with van der Waals surface area (Å²) < 4.78 is 27.3. The Labute approximate surface area is 138 Å². The molecule has 3 nitrogen and oxygen atoms in total. The molecule has 1 saturated heterocycles. The zero-order chi connectivity index (χ0) is 15.0. The van der Waals surface area contributed by atoms with Crippen LogP contribution in [0.15, 0.2) is 40.6 Å². The lowest BCUT2D eigenvalue weighted by Gasteiger charge is -2.23. The van der Waals surface area contributed by atoms with Crippen molar-refractivity contribution in [1.29, 1.82) is 0 Å². The zero-order valence-corrected chi connectivity index (χ0v) is 14.1. The van der Waals surface area contributed by atoms with Gasteiger partial charge in [0.1, 0.15) is 0 Å². The maximum atomic E-state index is 12.9. The highest BCUT2D eigenvalue weighted by atomic mass is 35.5. The molecule has 0 unspecified atom stereocenters. The van der Waals surface area contributed by atoms with Gasteiger partial charge in [-0.3, -0.25) is 0 Å². The Bertz CT molecular complexity index is 724. The molecule has 1 aliphatic rings. The maximum absolute atomic E-state index is 12.9. The number of nitrogens with zero attached hydrogens (tertiary/aromatic N) is 1. The molecule has 2 heterocycles. The minimum Gasteiger partial charge on any atom is -0.207 e. The Balaban J connectivity index is 2.01. The standard InChI is InChI=1S/C14H13Cl2NO2S2/c15-10-7-11(16)9-12(8-10)21(18,19)17-5-1-3-13(17)14-4-2-6-20-14/h2,4,6-9,13H,1,3,5H2/t13-/m0/s1. The van der Waals surface area contributed by atoms with Gasteiger partial charge in [0.05, 0.1) is 10.9 Å². The van der Waals surface area contributed by atoms with E-state index in [1.165, 1.54) is 18.2 Å². The molecule has 0 spiro atoms. The highest BCUT2D eigenvalue weighted by Crippen LogP contribution is 2.39. The van der Waals surface area contributed by atoms with Crippen LogP contribution in [0.25, 0.3) is 0 Å². The first kappa shape index (κ1) is 15.3. The van der Waals surface area contributed by atoms with E-state index < -0.39 is 10.0 Å². The van der Waals surface area contributed by atoms with Gasteiger partial charge in [0, 0.05) is 21.5 Å². The fraction of sp³-hybridized carbons (Fsp3) is 0.286. The summed E-state index contributed by atoms with van der Waals surface area (Å²) in [5, 5.41) is 2.62. The van der Waals surface area contributed by atoms with Crippen LogP contribution in [0.2, 0.25) is 10.0 Å². The molecular weight excluding hydrogens is 349 g/mol. The Morgan fingerprint density at radius 2 is 1.90 bits per heavy atom. The summed E-state index contributed by atoms with van der Waals surface area (Å²) >= 11 is 13.5. The van der Waals surface area contributed by atoms with Crippen molar-refractivity contribution in [3.8, 4) is 0 Å². The monoisotopic (exact) mass is 361 g/mol. The summed E-state index contributed by atoms with van der Waals surface area (Å²) in [6, 6.07) is 8.27. The molecule has 1 aliphatic heterocycles. The van der Waals surface area contributed by atoms with E-state index in [1.807, 2.05) is 17.5 Å². The third kappa shape index (κ3) is 2.98. The Morgan fingerprint density at radius 1 is 1.19 bits per heavy atom. The minimum absolute atomic E-state index is 0.0900. The van der Waals surface area contributed by atoms with Crippen molar-refractivity contribution >= 4 is 44.6 Å². The van der Waals surface area contributed by atoms with E-state index in [-0.39, 0.29) is 10.9 Å². The fourth-order valence-corrected chi connectivity index (χ4v) is 5.95. The highest BCUT2D eigenvalue weighted by molar-refractivity contribution is 7.89. The van der Waals surface area contributed by atoms with E-state index in [0.29, 0.717) is 16.6 Å². The molecule has 21 heavy (non-hydrogen) atoms. The average molecular weight is 362 g/mol. The first-order valence-electron chi connectivity index (χ1n) is 6.50. The second kappa shape index (κ2) is 5.89. The first-order chi connectivity index (χ1) is 9.98. The van der Waals surface area contributed by atoms with Crippen LogP contribution in [-0.2, 0) is 10.0 Å². The van der Waals surface area contributed by atoms with Gasteiger partial charge in [-0.05, 0) is 42.5 Å². The predicted molar refractivity (Wildman–Crippen MR) is 86.6 cm³/mol. The average Bonchev–Trinajstić information content (AvgIpc) is 3.08. The second-order valence-electron chi connectivity index (χ2n) is 4.89. The lowest BCUT2D eigenvalue weighted by atomic mass is 10.2. The summed E-state index contributed by atoms with van der Waals surface area (Å²) in [6.45, 7) is 0.523. The van der Waals surface area contributed by atoms with Gasteiger partial charge in [0.2, 0.25) is 10.0 Å². The molecule has 2 aromatic rings. The van der Waals surface area contributed by atoms with Crippen LogP contribution in [-0.4, -0.2) is 19.3 Å². The van der Waals surface area contributed by atoms with Gasteiger partial charge < -0.3 is 0 Å².